The predicted octanol–water partition coefficient (Wildman–Crippen LogP) is 4.63. The van der Waals surface area contributed by atoms with E-state index in [4.69, 9.17) is 33.4 Å². The molecule has 0 amide bonds. The molecule has 1 atom stereocenters. The third kappa shape index (κ3) is 14.9. The summed E-state index contributed by atoms with van der Waals surface area (Å²) in [5.74, 6) is -1.79. The fourth-order valence-electron chi connectivity index (χ4n) is 3.47. The van der Waals surface area contributed by atoms with Crippen LogP contribution in [0.2, 0.25) is 0 Å². The van der Waals surface area contributed by atoms with E-state index in [-0.39, 0.29) is 26.4 Å². The zero-order valence-corrected chi connectivity index (χ0v) is 25.7. The molecule has 0 saturated heterocycles. The van der Waals surface area contributed by atoms with E-state index in [0.29, 0.717) is 12.8 Å². The molecule has 0 aliphatic heterocycles. The zero-order valence-electron chi connectivity index (χ0n) is 24.8. The van der Waals surface area contributed by atoms with Crippen LogP contribution in [0.1, 0.15) is 30.9 Å². The van der Waals surface area contributed by atoms with Crippen LogP contribution >= 0.6 is 7.75 Å². The van der Waals surface area contributed by atoms with Crippen LogP contribution in [-0.4, -0.2) is 87.0 Å². The van der Waals surface area contributed by atoms with Crippen LogP contribution in [0.25, 0.3) is 0 Å². The summed E-state index contributed by atoms with van der Waals surface area (Å²) < 4.78 is 43.7. The predicted molar refractivity (Wildman–Crippen MR) is 159 cm³/mol. The summed E-state index contributed by atoms with van der Waals surface area (Å²) in [5, 5.41) is 19.5. The minimum absolute atomic E-state index is 0.137. The molecule has 0 spiro atoms. The summed E-state index contributed by atoms with van der Waals surface area (Å²) in [7, 11) is -3.01. The van der Waals surface area contributed by atoms with E-state index in [1.54, 1.807) is 0 Å². The molecule has 0 aliphatic rings. The van der Waals surface area contributed by atoms with Gasteiger partial charge in [-0.1, -0.05) is 60.7 Å². The molecule has 0 bridgehead atoms. The van der Waals surface area contributed by atoms with Gasteiger partial charge in [-0.2, -0.15) is 0 Å². The summed E-state index contributed by atoms with van der Waals surface area (Å²) >= 11 is 0. The number of nitrogens with zero attached hydrogens (tertiary/aromatic N) is 1. The number of carboxylic acids is 1. The number of ether oxygens (including phenoxy) is 4. The number of likely N-dealkylation sites (N-methyl/N-ethyl adjacent to an activating group) is 1. The molecular weight excluding hydrogens is 597 g/mol. The van der Waals surface area contributed by atoms with E-state index in [2.05, 4.69) is 5.09 Å². The van der Waals surface area contributed by atoms with Crippen molar-refractivity contribution in [3.63, 3.8) is 0 Å². The van der Waals surface area contributed by atoms with Crippen molar-refractivity contribution < 1.29 is 52.1 Å². The standard InChI is InChI=1S/C29H40N3O11P/c1-23(26(33)34)32(2)27(30)31-44(37,42-21-19-40-28(35)38-17-9-15-24-11-5-3-6-12-24)43-22-20-41-29(36)39-18-10-16-25-13-7-4-8-14-25/h3-8,11-14,23H,9-10,15-22H2,1-2H3,(H,33,34)(H2,30,31,37). The average Bonchev–Trinajstić information content (AvgIpc) is 3.02. The first kappa shape index (κ1) is 36.1. The number of aryl methyl sites for hydroxylation is 2. The summed E-state index contributed by atoms with van der Waals surface area (Å²) in [5.41, 5.74) is 2.22. The van der Waals surface area contributed by atoms with E-state index in [1.165, 1.54) is 14.0 Å². The van der Waals surface area contributed by atoms with Crippen LogP contribution in [-0.2, 0) is 50.2 Å². The number of aliphatic carboxylic acids is 1. The highest BCUT2D eigenvalue weighted by Crippen LogP contribution is 2.43. The maximum Gasteiger partial charge on any atom is 0.508 e. The Morgan fingerprint density at radius 1 is 0.773 bits per heavy atom. The van der Waals surface area contributed by atoms with Crippen LogP contribution in [0.4, 0.5) is 9.59 Å². The van der Waals surface area contributed by atoms with E-state index in [0.717, 1.165) is 28.9 Å². The minimum atomic E-state index is -4.31. The van der Waals surface area contributed by atoms with E-state index in [1.807, 2.05) is 60.7 Å². The van der Waals surface area contributed by atoms with Gasteiger partial charge in [0.15, 0.2) is 0 Å². The number of carboxylic acid groups (broad SMARTS) is 1. The number of hydrogen-bond acceptors (Lipinski definition) is 11. The monoisotopic (exact) mass is 637 g/mol. The molecule has 1 unspecified atom stereocenters. The van der Waals surface area contributed by atoms with Crippen LogP contribution in [0, 0.1) is 5.41 Å². The molecular formula is C29H40N3O11P. The Labute approximate surface area is 256 Å². The van der Waals surface area contributed by atoms with Crippen LogP contribution < -0.4 is 5.09 Å². The van der Waals surface area contributed by atoms with Gasteiger partial charge in [-0.15, -0.1) is 0 Å². The van der Waals surface area contributed by atoms with Gasteiger partial charge in [0.25, 0.3) is 0 Å². The third-order valence-electron chi connectivity index (χ3n) is 6.01. The average molecular weight is 638 g/mol. The fraction of sp³-hybridized carbons (Fsp3) is 0.448. The summed E-state index contributed by atoms with van der Waals surface area (Å²) in [6, 6.07) is 18.2. The Morgan fingerprint density at radius 2 is 1.18 bits per heavy atom. The number of guanidine groups is 1. The highest BCUT2D eigenvalue weighted by atomic mass is 31.2. The van der Waals surface area contributed by atoms with Crippen molar-refractivity contribution in [3.8, 4) is 0 Å². The third-order valence-corrected chi connectivity index (χ3v) is 7.54. The molecule has 0 heterocycles. The molecule has 3 N–H and O–H groups in total. The Kier molecular flexibility index (Phi) is 16.3. The quantitative estimate of drug-likeness (QED) is 0.0638. The van der Waals surface area contributed by atoms with E-state index in [9.17, 15) is 24.1 Å². The summed E-state index contributed by atoms with van der Waals surface area (Å²) in [6.45, 7) is 0.0548. The smallest absolute Gasteiger partial charge is 0.480 e. The van der Waals surface area contributed by atoms with E-state index < -0.39 is 51.2 Å². The van der Waals surface area contributed by atoms with Gasteiger partial charge in [-0.3, -0.25) is 19.5 Å². The molecule has 0 aliphatic carbocycles. The molecule has 0 fully saturated rings. The van der Waals surface area contributed by atoms with Gasteiger partial charge < -0.3 is 29.0 Å². The number of carbonyl (C=O) groups is 3. The molecule has 2 aromatic rings. The summed E-state index contributed by atoms with van der Waals surface area (Å²) in [4.78, 5) is 36.0. The number of nitrogens with one attached hydrogen (secondary N) is 2. The Morgan fingerprint density at radius 3 is 1.59 bits per heavy atom. The Hall–Kier alpha value is -4.13. The first-order chi connectivity index (χ1) is 21.1. The van der Waals surface area contributed by atoms with Crippen LogP contribution in [0.5, 0.6) is 0 Å². The molecule has 0 radical (unpaired) electrons. The lowest BCUT2D eigenvalue weighted by molar-refractivity contribution is -0.140. The van der Waals surface area contributed by atoms with Crippen molar-refractivity contribution in [2.45, 2.75) is 38.6 Å². The van der Waals surface area contributed by atoms with Crippen molar-refractivity contribution in [3.05, 3.63) is 71.8 Å². The molecule has 0 aromatic heterocycles. The lowest BCUT2D eigenvalue weighted by Gasteiger charge is -2.27. The Balaban J connectivity index is 1.75. The largest absolute Gasteiger partial charge is 0.508 e. The van der Waals surface area contributed by atoms with Crippen molar-refractivity contribution in [1.29, 1.82) is 5.41 Å². The van der Waals surface area contributed by atoms with Crippen molar-refractivity contribution >= 4 is 32.0 Å². The van der Waals surface area contributed by atoms with Gasteiger partial charge in [-0.25, -0.2) is 18.9 Å². The van der Waals surface area contributed by atoms with Gasteiger partial charge >= 0.3 is 26.0 Å². The first-order valence-electron chi connectivity index (χ1n) is 14.0. The van der Waals surface area contributed by atoms with Gasteiger partial charge in [0, 0.05) is 7.05 Å². The number of carbonyl (C=O) groups excluding carboxylic acids is 2. The van der Waals surface area contributed by atoms with Crippen molar-refractivity contribution in [1.82, 2.24) is 9.99 Å². The summed E-state index contributed by atoms with van der Waals surface area (Å²) in [6.07, 6.45) is 0.750. The number of rotatable bonds is 19. The molecule has 14 nitrogen and oxygen atoms in total. The lowest BCUT2D eigenvalue weighted by atomic mass is 10.1. The van der Waals surface area contributed by atoms with Crippen LogP contribution in [0.15, 0.2) is 60.7 Å². The lowest BCUT2D eigenvalue weighted by Crippen LogP contribution is -2.45. The second-order valence-corrected chi connectivity index (χ2v) is 11.1. The van der Waals surface area contributed by atoms with Gasteiger partial charge in [0.05, 0.1) is 26.4 Å². The zero-order chi connectivity index (χ0) is 32.2. The normalized spacial score (nSPS) is 11.6. The van der Waals surface area contributed by atoms with Gasteiger partial charge in [-0.05, 0) is 43.7 Å². The molecule has 2 aromatic carbocycles. The molecule has 2 rings (SSSR count). The maximum atomic E-state index is 13.3. The second kappa shape index (κ2) is 19.9. The van der Waals surface area contributed by atoms with Crippen LogP contribution in [0.3, 0.4) is 0 Å². The van der Waals surface area contributed by atoms with Gasteiger partial charge in [0.1, 0.15) is 19.3 Å². The first-order valence-corrected chi connectivity index (χ1v) is 15.5. The topological polar surface area (TPSA) is 183 Å². The van der Waals surface area contributed by atoms with Gasteiger partial charge in [0.2, 0.25) is 5.96 Å². The molecule has 44 heavy (non-hydrogen) atoms. The number of hydrogen-bond donors (Lipinski definition) is 3. The second-order valence-electron chi connectivity index (χ2n) is 9.32. The highest BCUT2D eigenvalue weighted by molar-refractivity contribution is 7.52. The molecule has 15 heteroatoms. The molecule has 242 valence electrons. The SMILES string of the molecule is CC(C(=O)O)N(C)C(=N)NP(=O)(OCCOC(=O)OCCCc1ccccc1)OCCOC(=O)OCCCc1ccccc1. The number of benzene rings is 2. The molecule has 0 saturated carbocycles. The van der Waals surface area contributed by atoms with Crippen molar-refractivity contribution in [2.24, 2.45) is 0 Å². The van der Waals surface area contributed by atoms with Crippen molar-refractivity contribution in [2.75, 3.05) is 46.7 Å². The highest BCUT2D eigenvalue weighted by Gasteiger charge is 2.30. The maximum absolute atomic E-state index is 13.3. The van der Waals surface area contributed by atoms with E-state index >= 15 is 0 Å². The minimum Gasteiger partial charge on any atom is -0.480 e. The fourth-order valence-corrected chi connectivity index (χ4v) is 4.72. The Bertz CT molecular complexity index is 1150.